The zero-order valence-electron chi connectivity index (χ0n) is 15.8. The Kier molecular flexibility index (Phi) is 4.47. The van der Waals surface area contributed by atoms with Gasteiger partial charge >= 0.3 is 6.09 Å². The van der Waals surface area contributed by atoms with Crippen molar-refractivity contribution in [2.75, 3.05) is 13.1 Å². The Hall–Kier alpha value is -1.76. The number of hydrogen-bond acceptors (Lipinski definition) is 5. The Morgan fingerprint density at radius 1 is 1.40 bits per heavy atom. The Labute approximate surface area is 148 Å². The predicted octanol–water partition coefficient (Wildman–Crippen LogP) is 3.05. The van der Waals surface area contributed by atoms with E-state index < -0.39 is 17.3 Å². The molecule has 2 aliphatic heterocycles. The summed E-state index contributed by atoms with van der Waals surface area (Å²) in [6.07, 6.45) is 2.82. The molecule has 1 N–H and O–H groups in total. The third-order valence-electron chi connectivity index (χ3n) is 4.79. The summed E-state index contributed by atoms with van der Waals surface area (Å²) in [5.41, 5.74) is -0.311. The molecule has 0 aliphatic carbocycles. The van der Waals surface area contributed by atoms with Crippen LogP contribution in [0, 0.1) is 0 Å². The van der Waals surface area contributed by atoms with Gasteiger partial charge in [0, 0.05) is 38.4 Å². The highest BCUT2D eigenvalue weighted by atomic mass is 16.6. The van der Waals surface area contributed by atoms with Crippen LogP contribution in [-0.4, -0.2) is 50.2 Å². The van der Waals surface area contributed by atoms with Gasteiger partial charge in [0.1, 0.15) is 23.0 Å². The number of rotatable bonds is 1. The lowest BCUT2D eigenvalue weighted by molar-refractivity contribution is -0.0576. The van der Waals surface area contributed by atoms with Gasteiger partial charge in [-0.15, -0.1) is 0 Å². The molecular formula is C18H29N3O4. The second-order valence-corrected chi connectivity index (χ2v) is 8.42. The Balaban J connectivity index is 1.68. The van der Waals surface area contributed by atoms with Crippen molar-refractivity contribution in [3.8, 4) is 5.75 Å². The van der Waals surface area contributed by atoms with Gasteiger partial charge in [-0.05, 0) is 34.6 Å². The van der Waals surface area contributed by atoms with Crippen LogP contribution in [0.4, 0.5) is 4.79 Å². The van der Waals surface area contributed by atoms with Crippen LogP contribution in [0.3, 0.4) is 0 Å². The molecule has 0 aromatic carbocycles. The summed E-state index contributed by atoms with van der Waals surface area (Å²) in [6.45, 7) is 10.8. The fraction of sp³-hybridized carbons (Fsp3) is 0.778. The van der Waals surface area contributed by atoms with Crippen LogP contribution < -0.4 is 4.74 Å². The quantitative estimate of drug-likeness (QED) is 0.841. The van der Waals surface area contributed by atoms with Crippen molar-refractivity contribution >= 4 is 6.09 Å². The van der Waals surface area contributed by atoms with Crippen molar-refractivity contribution in [3.05, 3.63) is 11.9 Å². The van der Waals surface area contributed by atoms with Crippen LogP contribution in [0.1, 0.15) is 71.7 Å². The average Bonchev–Trinajstić information content (AvgIpc) is 2.90. The Morgan fingerprint density at radius 2 is 2.04 bits per heavy atom. The molecule has 1 aromatic heterocycles. The second-order valence-electron chi connectivity index (χ2n) is 8.42. The molecule has 3 rings (SSSR count). The van der Waals surface area contributed by atoms with Crippen LogP contribution in [0.5, 0.6) is 5.75 Å². The maximum atomic E-state index is 12.2. The molecule has 0 saturated carbocycles. The molecule has 3 heterocycles. The number of fused-ring (bicyclic) bond motifs is 1. The minimum absolute atomic E-state index is 0.214. The molecule has 25 heavy (non-hydrogen) atoms. The molecule has 1 atom stereocenters. The van der Waals surface area contributed by atoms with Gasteiger partial charge in [-0.3, -0.25) is 4.68 Å². The Bertz CT molecular complexity index is 639. The van der Waals surface area contributed by atoms with Crippen molar-refractivity contribution < 1.29 is 19.4 Å². The average molecular weight is 351 g/mol. The van der Waals surface area contributed by atoms with Gasteiger partial charge in [-0.1, -0.05) is 0 Å². The first-order valence-corrected chi connectivity index (χ1v) is 9.03. The summed E-state index contributed by atoms with van der Waals surface area (Å²) in [5.74, 6) is 0.665. The van der Waals surface area contributed by atoms with Crippen LogP contribution in [0.15, 0.2) is 6.20 Å². The third-order valence-corrected chi connectivity index (χ3v) is 4.79. The molecule has 0 radical (unpaired) electrons. The monoisotopic (exact) mass is 351 g/mol. The van der Waals surface area contributed by atoms with Crippen molar-refractivity contribution in [1.82, 2.24) is 14.7 Å². The molecule has 1 spiro atoms. The zero-order chi connectivity index (χ0) is 18.4. The van der Waals surface area contributed by atoms with Gasteiger partial charge < -0.3 is 19.5 Å². The van der Waals surface area contributed by atoms with Crippen molar-refractivity contribution in [3.63, 3.8) is 0 Å². The molecule has 1 unspecified atom stereocenters. The number of likely N-dealkylation sites (tertiary alicyclic amines) is 1. The third kappa shape index (κ3) is 3.76. The van der Waals surface area contributed by atoms with Crippen molar-refractivity contribution in [2.45, 2.75) is 77.2 Å². The van der Waals surface area contributed by atoms with E-state index in [0.29, 0.717) is 43.8 Å². The first-order chi connectivity index (χ1) is 11.6. The number of carbonyl (C=O) groups is 1. The van der Waals surface area contributed by atoms with Gasteiger partial charge in [0.05, 0.1) is 6.20 Å². The van der Waals surface area contributed by atoms with Crippen molar-refractivity contribution in [1.29, 1.82) is 0 Å². The first-order valence-electron chi connectivity index (χ1n) is 9.03. The lowest BCUT2D eigenvalue weighted by Gasteiger charge is -2.44. The number of aromatic nitrogens is 2. The maximum Gasteiger partial charge on any atom is 0.410 e. The first kappa shape index (κ1) is 18.0. The number of nitrogens with zero attached hydrogens (tertiary/aromatic N) is 3. The number of aliphatic hydroxyl groups is 1. The number of amides is 1. The predicted molar refractivity (Wildman–Crippen MR) is 92.6 cm³/mol. The van der Waals surface area contributed by atoms with Gasteiger partial charge in [0.15, 0.2) is 5.75 Å². The summed E-state index contributed by atoms with van der Waals surface area (Å²) in [6, 6.07) is 0.214. The fourth-order valence-electron chi connectivity index (χ4n) is 3.42. The van der Waals surface area contributed by atoms with E-state index in [-0.39, 0.29) is 12.1 Å². The second kappa shape index (κ2) is 6.20. The number of carbonyl (C=O) groups excluding carboxylic acids is 1. The summed E-state index contributed by atoms with van der Waals surface area (Å²) in [5, 5.41) is 15.0. The van der Waals surface area contributed by atoms with Crippen LogP contribution in [-0.2, 0) is 4.74 Å². The van der Waals surface area contributed by atoms with E-state index in [4.69, 9.17) is 9.47 Å². The van der Waals surface area contributed by atoms with E-state index in [1.807, 2.05) is 45.5 Å². The fourth-order valence-corrected chi connectivity index (χ4v) is 3.42. The number of hydrogen-bond donors (Lipinski definition) is 1. The van der Waals surface area contributed by atoms with E-state index in [9.17, 15) is 9.90 Å². The topological polar surface area (TPSA) is 76.8 Å². The van der Waals surface area contributed by atoms with Crippen LogP contribution in [0.25, 0.3) is 0 Å². The minimum Gasteiger partial charge on any atom is -0.483 e. The molecule has 1 aromatic rings. The van der Waals surface area contributed by atoms with Crippen molar-refractivity contribution in [2.24, 2.45) is 0 Å². The normalized spacial score (nSPS) is 22.7. The van der Waals surface area contributed by atoms with E-state index >= 15 is 0 Å². The number of aliphatic hydroxyl groups excluding tert-OH is 1. The highest BCUT2D eigenvalue weighted by Gasteiger charge is 2.45. The molecule has 2 aliphatic rings. The molecule has 140 valence electrons. The molecule has 1 fully saturated rings. The molecule has 0 bridgehead atoms. The van der Waals surface area contributed by atoms with E-state index in [2.05, 4.69) is 5.10 Å². The molecule has 1 amide bonds. The molecular weight excluding hydrogens is 322 g/mol. The van der Waals surface area contributed by atoms with Gasteiger partial charge in [-0.2, -0.15) is 5.10 Å². The SMILES string of the molecule is CC(C)n1cc2c(n1)C(O)CC1(CCN(C(=O)OC(C)(C)C)CC1)O2. The summed E-state index contributed by atoms with van der Waals surface area (Å²) in [4.78, 5) is 13.9. The van der Waals surface area contributed by atoms with E-state index in [1.165, 1.54) is 0 Å². The zero-order valence-corrected chi connectivity index (χ0v) is 15.8. The molecule has 7 heteroatoms. The standard InChI is InChI=1S/C18H29N3O4/c1-12(2)21-11-14-15(19-21)13(22)10-18(24-14)6-8-20(9-7-18)16(23)25-17(3,4)5/h11-13,22H,6-10H2,1-5H3. The summed E-state index contributed by atoms with van der Waals surface area (Å²) < 4.78 is 13.5. The smallest absolute Gasteiger partial charge is 0.410 e. The molecule has 1 saturated heterocycles. The number of piperidine rings is 1. The maximum absolute atomic E-state index is 12.2. The molecule has 7 nitrogen and oxygen atoms in total. The van der Waals surface area contributed by atoms with Gasteiger partial charge in [0.25, 0.3) is 0 Å². The Morgan fingerprint density at radius 3 is 2.60 bits per heavy atom. The summed E-state index contributed by atoms with van der Waals surface area (Å²) in [7, 11) is 0. The van der Waals surface area contributed by atoms with E-state index in [1.54, 1.807) is 4.90 Å². The highest BCUT2D eigenvalue weighted by molar-refractivity contribution is 5.68. The lowest BCUT2D eigenvalue weighted by Crippen LogP contribution is -2.52. The number of ether oxygens (including phenoxy) is 2. The van der Waals surface area contributed by atoms with E-state index in [0.717, 1.165) is 0 Å². The van der Waals surface area contributed by atoms with Crippen LogP contribution >= 0.6 is 0 Å². The van der Waals surface area contributed by atoms with Gasteiger partial charge in [0.2, 0.25) is 0 Å². The minimum atomic E-state index is -0.628. The largest absolute Gasteiger partial charge is 0.483 e. The van der Waals surface area contributed by atoms with Crippen LogP contribution in [0.2, 0.25) is 0 Å². The highest BCUT2D eigenvalue weighted by Crippen LogP contribution is 2.44. The van der Waals surface area contributed by atoms with Gasteiger partial charge in [-0.25, -0.2) is 4.79 Å². The lowest BCUT2D eigenvalue weighted by atomic mass is 9.83. The summed E-state index contributed by atoms with van der Waals surface area (Å²) >= 11 is 0.